The Balaban J connectivity index is 2.38. The maximum Gasteiger partial charge on any atom is 0.344 e. The van der Waals surface area contributed by atoms with Gasteiger partial charge in [-0.15, -0.1) is 0 Å². The van der Waals surface area contributed by atoms with Crippen molar-refractivity contribution in [2.45, 2.75) is 0 Å². The zero-order valence-corrected chi connectivity index (χ0v) is 8.18. The Kier molecular flexibility index (Phi) is 2.51. The smallest absolute Gasteiger partial charge is 0.344 e. The van der Waals surface area contributed by atoms with Crippen LogP contribution in [0.25, 0.3) is 11.1 Å². The molecule has 16 heavy (non-hydrogen) atoms. The Morgan fingerprint density at radius 2 is 1.88 bits per heavy atom. The van der Waals surface area contributed by atoms with Gasteiger partial charge in [-0.3, -0.25) is 0 Å². The molecule has 0 spiro atoms. The molecule has 2 rings (SSSR count). The van der Waals surface area contributed by atoms with Gasteiger partial charge in [0.1, 0.15) is 0 Å². The summed E-state index contributed by atoms with van der Waals surface area (Å²) in [6, 6.07) is 6.34. The minimum absolute atomic E-state index is 0.223. The van der Waals surface area contributed by atoms with Gasteiger partial charge in [-0.1, -0.05) is 12.1 Å². The Morgan fingerprint density at radius 1 is 1.19 bits per heavy atom. The van der Waals surface area contributed by atoms with Crippen LogP contribution in [0.3, 0.4) is 0 Å². The predicted octanol–water partition coefficient (Wildman–Crippen LogP) is 1.14. The number of rotatable bonds is 2. The van der Waals surface area contributed by atoms with E-state index in [4.69, 9.17) is 5.11 Å². The highest BCUT2D eigenvalue weighted by Gasteiger charge is 2.03. The number of nitrogens with zero attached hydrogens (tertiary/aromatic N) is 1. The molecule has 5 heteroatoms. The fourth-order valence-electron chi connectivity index (χ4n) is 1.31. The van der Waals surface area contributed by atoms with E-state index in [9.17, 15) is 9.59 Å². The van der Waals surface area contributed by atoms with Crippen molar-refractivity contribution in [1.82, 2.24) is 9.97 Å². The zero-order valence-electron chi connectivity index (χ0n) is 8.18. The van der Waals surface area contributed by atoms with Gasteiger partial charge in [-0.05, 0) is 17.7 Å². The summed E-state index contributed by atoms with van der Waals surface area (Å²) in [6.07, 6.45) is 2.97. The summed E-state index contributed by atoms with van der Waals surface area (Å²) < 4.78 is 0. The molecule has 0 amide bonds. The van der Waals surface area contributed by atoms with Gasteiger partial charge in [-0.25, -0.2) is 14.6 Å². The highest BCUT2D eigenvalue weighted by atomic mass is 16.4. The van der Waals surface area contributed by atoms with Crippen molar-refractivity contribution in [2.24, 2.45) is 0 Å². The molecule has 0 saturated carbocycles. The quantitative estimate of drug-likeness (QED) is 0.788. The van der Waals surface area contributed by atoms with Crippen LogP contribution >= 0.6 is 0 Å². The molecule has 0 aliphatic rings. The molecule has 0 fully saturated rings. The number of hydrogen-bond donors (Lipinski definition) is 2. The van der Waals surface area contributed by atoms with Crippen molar-refractivity contribution in [3.63, 3.8) is 0 Å². The number of H-pyrrole nitrogens is 1. The van der Waals surface area contributed by atoms with E-state index in [1.165, 1.54) is 24.5 Å². The van der Waals surface area contributed by atoms with Crippen LogP contribution in [0.15, 0.2) is 41.5 Å². The van der Waals surface area contributed by atoms with Crippen molar-refractivity contribution in [3.8, 4) is 11.1 Å². The number of carbonyl (C=O) groups is 1. The van der Waals surface area contributed by atoms with Gasteiger partial charge in [-0.2, -0.15) is 0 Å². The van der Waals surface area contributed by atoms with E-state index in [2.05, 4.69) is 9.97 Å². The molecule has 5 nitrogen and oxygen atoms in total. The number of hydrogen-bond acceptors (Lipinski definition) is 3. The van der Waals surface area contributed by atoms with Gasteiger partial charge >= 0.3 is 11.7 Å². The molecule has 1 aromatic heterocycles. The second-order valence-electron chi connectivity index (χ2n) is 3.19. The third-order valence-corrected chi connectivity index (χ3v) is 2.14. The number of aromatic carboxylic acids is 1. The van der Waals surface area contributed by atoms with Gasteiger partial charge < -0.3 is 10.1 Å². The molecule has 80 valence electrons. The van der Waals surface area contributed by atoms with Gasteiger partial charge in [0, 0.05) is 18.0 Å². The van der Waals surface area contributed by atoms with Gasteiger partial charge in [0.05, 0.1) is 5.56 Å². The van der Waals surface area contributed by atoms with E-state index < -0.39 is 11.7 Å². The minimum Gasteiger partial charge on any atom is -0.478 e. The van der Waals surface area contributed by atoms with Crippen LogP contribution in [-0.2, 0) is 0 Å². The minimum atomic E-state index is -0.967. The molecule has 0 unspecified atom stereocenters. The third kappa shape index (κ3) is 1.98. The molecule has 0 radical (unpaired) electrons. The maximum atomic E-state index is 10.8. The number of nitrogens with one attached hydrogen (secondary N) is 1. The standard InChI is InChI=1S/C11H8N2O3/c14-10(15)8-3-1-7(2-4-8)9-5-12-11(16)13-6-9/h1-6H,(H,14,15)(H,12,13,16). The molecule has 2 aromatic rings. The highest BCUT2D eigenvalue weighted by Crippen LogP contribution is 2.16. The van der Waals surface area contributed by atoms with E-state index in [-0.39, 0.29) is 5.56 Å². The van der Waals surface area contributed by atoms with Crippen LogP contribution in [-0.4, -0.2) is 21.0 Å². The lowest BCUT2D eigenvalue weighted by Crippen LogP contribution is -2.07. The van der Waals surface area contributed by atoms with Crippen LogP contribution in [0.4, 0.5) is 0 Å². The van der Waals surface area contributed by atoms with Crippen LogP contribution in [0.1, 0.15) is 10.4 Å². The SMILES string of the molecule is O=C(O)c1ccc(-c2cnc(=O)[nH]c2)cc1. The maximum absolute atomic E-state index is 10.8. The lowest BCUT2D eigenvalue weighted by Gasteiger charge is -2.00. The normalized spacial score (nSPS) is 10.0. The molecule has 0 bridgehead atoms. The monoisotopic (exact) mass is 216 g/mol. The van der Waals surface area contributed by atoms with Crippen molar-refractivity contribution < 1.29 is 9.90 Å². The molecule has 0 atom stereocenters. The van der Waals surface area contributed by atoms with E-state index in [0.717, 1.165) is 11.1 Å². The molecule has 0 saturated heterocycles. The first-order valence-electron chi connectivity index (χ1n) is 4.55. The Morgan fingerprint density at radius 3 is 2.38 bits per heavy atom. The summed E-state index contributed by atoms with van der Waals surface area (Å²) in [4.78, 5) is 27.4. The summed E-state index contributed by atoms with van der Waals surface area (Å²) in [5, 5.41) is 8.72. The Hall–Kier alpha value is -2.43. The predicted molar refractivity (Wildman–Crippen MR) is 57.3 cm³/mol. The number of carboxylic acids is 1. The summed E-state index contributed by atoms with van der Waals surface area (Å²) in [7, 11) is 0. The number of benzene rings is 1. The molecular formula is C11H8N2O3. The summed E-state index contributed by atoms with van der Waals surface area (Å²) in [5.74, 6) is -0.967. The fraction of sp³-hybridized carbons (Fsp3) is 0. The van der Waals surface area contributed by atoms with Crippen LogP contribution < -0.4 is 5.69 Å². The van der Waals surface area contributed by atoms with E-state index in [0.29, 0.717) is 0 Å². The largest absolute Gasteiger partial charge is 0.478 e. The highest BCUT2D eigenvalue weighted by molar-refractivity contribution is 5.88. The topological polar surface area (TPSA) is 83.0 Å². The van der Waals surface area contributed by atoms with E-state index >= 15 is 0 Å². The van der Waals surface area contributed by atoms with E-state index in [1.54, 1.807) is 12.1 Å². The van der Waals surface area contributed by atoms with Crippen LogP contribution in [0.2, 0.25) is 0 Å². The average Bonchev–Trinajstić information content (AvgIpc) is 2.30. The van der Waals surface area contributed by atoms with Crippen molar-refractivity contribution in [1.29, 1.82) is 0 Å². The molecule has 2 N–H and O–H groups in total. The van der Waals surface area contributed by atoms with Crippen molar-refractivity contribution in [2.75, 3.05) is 0 Å². The molecular weight excluding hydrogens is 208 g/mol. The van der Waals surface area contributed by atoms with Crippen molar-refractivity contribution >= 4 is 5.97 Å². The number of aromatic nitrogens is 2. The number of aromatic amines is 1. The second-order valence-corrected chi connectivity index (χ2v) is 3.19. The average molecular weight is 216 g/mol. The summed E-state index contributed by atoms with van der Waals surface area (Å²) in [5.41, 5.74) is 1.34. The lowest BCUT2D eigenvalue weighted by atomic mass is 10.1. The lowest BCUT2D eigenvalue weighted by molar-refractivity contribution is 0.0697. The Labute approximate surface area is 90.4 Å². The van der Waals surface area contributed by atoms with Gasteiger partial charge in [0.25, 0.3) is 0 Å². The molecule has 1 aromatic carbocycles. The van der Waals surface area contributed by atoms with E-state index in [1.807, 2.05) is 0 Å². The fourth-order valence-corrected chi connectivity index (χ4v) is 1.31. The molecule has 0 aliphatic carbocycles. The first-order chi connectivity index (χ1) is 7.66. The zero-order chi connectivity index (χ0) is 11.5. The van der Waals surface area contributed by atoms with Crippen LogP contribution in [0.5, 0.6) is 0 Å². The van der Waals surface area contributed by atoms with Gasteiger partial charge in [0.2, 0.25) is 0 Å². The van der Waals surface area contributed by atoms with Crippen LogP contribution in [0, 0.1) is 0 Å². The van der Waals surface area contributed by atoms with Crippen molar-refractivity contribution in [3.05, 3.63) is 52.7 Å². The van der Waals surface area contributed by atoms with Gasteiger partial charge in [0.15, 0.2) is 0 Å². The Bertz CT molecular complexity index is 552. The first-order valence-corrected chi connectivity index (χ1v) is 4.55. The first kappa shape index (κ1) is 10.1. The third-order valence-electron chi connectivity index (χ3n) is 2.14. The second kappa shape index (κ2) is 3.98. The summed E-state index contributed by atoms with van der Waals surface area (Å²) >= 11 is 0. The molecule has 1 heterocycles. The molecule has 0 aliphatic heterocycles. The summed E-state index contributed by atoms with van der Waals surface area (Å²) in [6.45, 7) is 0. The number of carboxylic acid groups (broad SMARTS) is 1.